The van der Waals surface area contributed by atoms with E-state index in [1.165, 1.54) is 12.1 Å². The molecule has 4 rings (SSSR count). The van der Waals surface area contributed by atoms with Crippen LogP contribution in [0.25, 0.3) is 0 Å². The molecule has 0 radical (unpaired) electrons. The van der Waals surface area contributed by atoms with E-state index < -0.39 is 12.0 Å². The van der Waals surface area contributed by atoms with E-state index in [-0.39, 0.29) is 17.9 Å². The maximum absolute atomic E-state index is 13.5. The smallest absolute Gasteiger partial charge is 0.335 e. The minimum absolute atomic E-state index is 0.137. The van der Waals surface area contributed by atoms with Gasteiger partial charge in [0.15, 0.2) is 23.0 Å². The van der Waals surface area contributed by atoms with Gasteiger partial charge in [-0.1, -0.05) is 6.07 Å². The molecule has 0 spiro atoms. The van der Waals surface area contributed by atoms with Crippen molar-refractivity contribution in [2.75, 3.05) is 33.3 Å². The molecule has 34 heavy (non-hydrogen) atoms. The van der Waals surface area contributed by atoms with Crippen LogP contribution in [0.2, 0.25) is 0 Å². The van der Waals surface area contributed by atoms with Gasteiger partial charge in [0.2, 0.25) is 5.91 Å². The van der Waals surface area contributed by atoms with Crippen molar-refractivity contribution in [1.82, 2.24) is 0 Å². The number of carboxylic acids is 1. The lowest BCUT2D eigenvalue weighted by molar-refractivity contribution is -0.118. The summed E-state index contributed by atoms with van der Waals surface area (Å²) < 4.78 is 21.9. The minimum Gasteiger partial charge on any atom is -0.493 e. The summed E-state index contributed by atoms with van der Waals surface area (Å²) >= 11 is 0. The van der Waals surface area contributed by atoms with Gasteiger partial charge in [0.25, 0.3) is 0 Å². The van der Waals surface area contributed by atoms with Gasteiger partial charge in [0, 0.05) is 5.69 Å². The van der Waals surface area contributed by atoms with E-state index in [2.05, 4.69) is 0 Å². The number of fused-ring (bicyclic) bond motifs is 1. The molecule has 8 nitrogen and oxygen atoms in total. The molecule has 1 unspecified atom stereocenters. The Morgan fingerprint density at radius 1 is 0.824 bits per heavy atom. The summed E-state index contributed by atoms with van der Waals surface area (Å²) in [6, 6.07) is 14.9. The molecular formula is C26H25NO7. The summed E-state index contributed by atoms with van der Waals surface area (Å²) in [5.41, 5.74) is 3.20. The topological polar surface area (TPSA) is 94.5 Å². The lowest BCUT2D eigenvalue weighted by Gasteiger charge is -2.38. The van der Waals surface area contributed by atoms with E-state index in [4.69, 9.17) is 18.9 Å². The SMILES string of the molecule is COc1ccc(C2c3cc(OC)c(OC)cc3CC(=O)N2c2ccc(C(=O)O)cc2)cc1OC. The van der Waals surface area contributed by atoms with Gasteiger partial charge in [0.05, 0.1) is 46.5 Å². The Kier molecular flexibility index (Phi) is 6.32. The van der Waals surface area contributed by atoms with E-state index >= 15 is 0 Å². The monoisotopic (exact) mass is 463 g/mol. The van der Waals surface area contributed by atoms with Crippen LogP contribution < -0.4 is 23.8 Å². The standard InChI is InChI=1S/C26H25NO7/c1-31-20-10-7-16(11-21(20)32-2)25-19-14-23(34-4)22(33-3)12-17(19)13-24(28)27(25)18-8-5-15(6-9-18)26(29)30/h5-12,14,25H,13H2,1-4H3,(H,29,30). The van der Waals surface area contributed by atoms with Crippen molar-refractivity contribution >= 4 is 17.6 Å². The highest BCUT2D eigenvalue weighted by Gasteiger charge is 2.36. The number of amides is 1. The predicted molar refractivity (Wildman–Crippen MR) is 126 cm³/mol. The zero-order valence-corrected chi connectivity index (χ0v) is 19.3. The molecule has 176 valence electrons. The average molecular weight is 463 g/mol. The highest BCUT2D eigenvalue weighted by atomic mass is 16.5. The number of ether oxygens (including phenoxy) is 4. The number of rotatable bonds is 7. The molecule has 1 heterocycles. The molecule has 1 amide bonds. The van der Waals surface area contributed by atoms with Gasteiger partial charge in [0.1, 0.15) is 0 Å². The highest BCUT2D eigenvalue weighted by molar-refractivity contribution is 5.99. The van der Waals surface area contributed by atoms with Crippen molar-refractivity contribution in [2.24, 2.45) is 0 Å². The number of anilines is 1. The van der Waals surface area contributed by atoms with Crippen molar-refractivity contribution in [2.45, 2.75) is 12.5 Å². The molecule has 1 aliphatic heterocycles. The lowest BCUT2D eigenvalue weighted by Crippen LogP contribution is -2.41. The highest BCUT2D eigenvalue weighted by Crippen LogP contribution is 2.44. The number of carbonyl (C=O) groups is 2. The Hall–Kier alpha value is -4.20. The second-order valence-electron chi connectivity index (χ2n) is 7.72. The summed E-state index contributed by atoms with van der Waals surface area (Å²) in [4.78, 5) is 26.5. The van der Waals surface area contributed by atoms with Gasteiger partial charge in [-0.2, -0.15) is 0 Å². The molecule has 1 N–H and O–H groups in total. The van der Waals surface area contributed by atoms with Crippen LogP contribution in [0.1, 0.15) is 33.1 Å². The van der Waals surface area contributed by atoms with Gasteiger partial charge in [-0.15, -0.1) is 0 Å². The predicted octanol–water partition coefficient (Wildman–Crippen LogP) is 4.10. The van der Waals surface area contributed by atoms with Crippen molar-refractivity contribution < 1.29 is 33.6 Å². The summed E-state index contributed by atoms with van der Waals surface area (Å²) in [7, 11) is 6.23. The number of methoxy groups -OCH3 is 4. The first-order valence-corrected chi connectivity index (χ1v) is 10.5. The van der Waals surface area contributed by atoms with Crippen molar-refractivity contribution in [3.63, 3.8) is 0 Å². The quantitative estimate of drug-likeness (QED) is 0.564. The largest absolute Gasteiger partial charge is 0.493 e. The first kappa shape index (κ1) is 23.0. The van der Waals surface area contributed by atoms with E-state index in [1.54, 1.807) is 51.5 Å². The van der Waals surface area contributed by atoms with Crippen LogP contribution in [-0.2, 0) is 11.2 Å². The zero-order valence-electron chi connectivity index (χ0n) is 19.3. The lowest BCUT2D eigenvalue weighted by atomic mass is 9.86. The van der Waals surface area contributed by atoms with E-state index in [1.807, 2.05) is 24.3 Å². The van der Waals surface area contributed by atoms with Crippen LogP contribution in [-0.4, -0.2) is 45.4 Å². The van der Waals surface area contributed by atoms with Crippen LogP contribution >= 0.6 is 0 Å². The molecule has 0 aliphatic carbocycles. The van der Waals surface area contributed by atoms with E-state index in [0.717, 1.165) is 16.7 Å². The third-order valence-electron chi connectivity index (χ3n) is 5.92. The van der Waals surface area contributed by atoms with Crippen LogP contribution in [0.5, 0.6) is 23.0 Å². The number of carbonyl (C=O) groups excluding carboxylic acids is 1. The van der Waals surface area contributed by atoms with Crippen LogP contribution in [0.3, 0.4) is 0 Å². The summed E-state index contributed by atoms with van der Waals surface area (Å²) in [6.07, 6.45) is 0.153. The number of hydrogen-bond donors (Lipinski definition) is 1. The summed E-state index contributed by atoms with van der Waals surface area (Å²) in [6.45, 7) is 0. The number of hydrogen-bond acceptors (Lipinski definition) is 6. The van der Waals surface area contributed by atoms with Crippen LogP contribution in [0.4, 0.5) is 5.69 Å². The summed E-state index contributed by atoms with van der Waals surface area (Å²) in [5.74, 6) is 1.01. The van der Waals surface area contributed by atoms with Crippen LogP contribution in [0.15, 0.2) is 54.6 Å². The molecule has 0 saturated carbocycles. The molecular weight excluding hydrogens is 438 g/mol. The molecule has 3 aromatic rings. The van der Waals surface area contributed by atoms with E-state index in [9.17, 15) is 14.7 Å². The minimum atomic E-state index is -1.03. The average Bonchev–Trinajstić information content (AvgIpc) is 2.86. The Bertz CT molecular complexity index is 1240. The molecule has 0 saturated heterocycles. The molecule has 8 heteroatoms. The molecule has 0 fully saturated rings. The van der Waals surface area contributed by atoms with Gasteiger partial charge < -0.3 is 29.0 Å². The molecule has 3 aromatic carbocycles. The zero-order chi connectivity index (χ0) is 24.4. The Morgan fingerprint density at radius 2 is 1.41 bits per heavy atom. The molecule has 1 atom stereocenters. The van der Waals surface area contributed by atoms with E-state index in [0.29, 0.717) is 28.7 Å². The molecule has 1 aliphatic rings. The third-order valence-corrected chi connectivity index (χ3v) is 5.92. The number of benzene rings is 3. The number of aromatic carboxylic acids is 1. The fourth-order valence-electron chi connectivity index (χ4n) is 4.28. The van der Waals surface area contributed by atoms with Gasteiger partial charge in [-0.3, -0.25) is 4.79 Å². The Labute approximate surface area is 197 Å². The first-order chi connectivity index (χ1) is 16.4. The van der Waals surface area contributed by atoms with Crippen molar-refractivity contribution in [3.05, 3.63) is 76.9 Å². The fourth-order valence-corrected chi connectivity index (χ4v) is 4.28. The second kappa shape index (κ2) is 9.35. The van der Waals surface area contributed by atoms with Crippen LogP contribution in [0, 0.1) is 0 Å². The Morgan fingerprint density at radius 3 is 2.00 bits per heavy atom. The fraction of sp³-hybridized carbons (Fsp3) is 0.231. The maximum Gasteiger partial charge on any atom is 0.335 e. The first-order valence-electron chi connectivity index (χ1n) is 10.5. The van der Waals surface area contributed by atoms with Crippen molar-refractivity contribution in [1.29, 1.82) is 0 Å². The summed E-state index contributed by atoms with van der Waals surface area (Å²) in [5, 5.41) is 9.28. The maximum atomic E-state index is 13.5. The second-order valence-corrected chi connectivity index (χ2v) is 7.72. The normalized spacial score (nSPS) is 14.9. The van der Waals surface area contributed by atoms with Gasteiger partial charge in [-0.05, 0) is 65.2 Å². The third kappa shape index (κ3) is 3.98. The molecule has 0 bridgehead atoms. The number of nitrogens with zero attached hydrogens (tertiary/aromatic N) is 1. The van der Waals surface area contributed by atoms with Gasteiger partial charge in [-0.25, -0.2) is 4.79 Å². The molecule has 0 aromatic heterocycles. The van der Waals surface area contributed by atoms with Crippen molar-refractivity contribution in [3.8, 4) is 23.0 Å². The Balaban J connectivity index is 1.94. The number of carboxylic acid groups (broad SMARTS) is 1. The van der Waals surface area contributed by atoms with Gasteiger partial charge >= 0.3 is 5.97 Å².